The second kappa shape index (κ2) is 5.36. The Morgan fingerprint density at radius 2 is 2.18 bits per heavy atom. The number of anilines is 2. The predicted octanol–water partition coefficient (Wildman–Crippen LogP) is 1.98. The van der Waals surface area contributed by atoms with Crippen LogP contribution in [0.2, 0.25) is 0 Å². The average Bonchev–Trinajstić information content (AvgIpc) is 2.34. The normalized spacial score (nSPS) is 17.4. The molecule has 4 nitrogen and oxygen atoms in total. The highest BCUT2D eigenvalue weighted by molar-refractivity contribution is 5.52. The SMILES string of the molecule is CCOC1CCN(c2cc(C)c(N)cn2)CC1. The van der Waals surface area contributed by atoms with Gasteiger partial charge in [-0.3, -0.25) is 0 Å². The van der Waals surface area contributed by atoms with Gasteiger partial charge in [-0.25, -0.2) is 4.98 Å². The van der Waals surface area contributed by atoms with E-state index in [2.05, 4.69) is 22.9 Å². The quantitative estimate of drug-likeness (QED) is 0.870. The van der Waals surface area contributed by atoms with E-state index in [9.17, 15) is 0 Å². The molecule has 0 amide bonds. The van der Waals surface area contributed by atoms with E-state index in [0.29, 0.717) is 6.10 Å². The van der Waals surface area contributed by atoms with Gasteiger partial charge in [0.05, 0.1) is 18.0 Å². The summed E-state index contributed by atoms with van der Waals surface area (Å²) < 4.78 is 5.64. The zero-order valence-electron chi connectivity index (χ0n) is 10.6. The predicted molar refractivity (Wildman–Crippen MR) is 70.2 cm³/mol. The van der Waals surface area contributed by atoms with Crippen molar-refractivity contribution in [2.75, 3.05) is 30.3 Å². The number of aromatic nitrogens is 1. The van der Waals surface area contributed by atoms with Crippen molar-refractivity contribution >= 4 is 11.5 Å². The molecule has 4 heteroatoms. The minimum absolute atomic E-state index is 0.422. The summed E-state index contributed by atoms with van der Waals surface area (Å²) in [7, 11) is 0. The van der Waals surface area contributed by atoms with Crippen LogP contribution in [0.5, 0.6) is 0 Å². The molecule has 1 fully saturated rings. The van der Waals surface area contributed by atoms with Crippen LogP contribution in [0.25, 0.3) is 0 Å². The van der Waals surface area contributed by atoms with E-state index in [-0.39, 0.29) is 0 Å². The zero-order chi connectivity index (χ0) is 12.3. The summed E-state index contributed by atoms with van der Waals surface area (Å²) in [4.78, 5) is 6.70. The number of hydrogen-bond acceptors (Lipinski definition) is 4. The molecule has 2 heterocycles. The highest BCUT2D eigenvalue weighted by Crippen LogP contribution is 2.22. The monoisotopic (exact) mass is 235 g/mol. The molecule has 0 atom stereocenters. The van der Waals surface area contributed by atoms with Gasteiger partial charge in [-0.15, -0.1) is 0 Å². The van der Waals surface area contributed by atoms with Gasteiger partial charge in [0, 0.05) is 19.7 Å². The first-order valence-corrected chi connectivity index (χ1v) is 6.29. The van der Waals surface area contributed by atoms with E-state index in [1.165, 1.54) is 0 Å². The summed E-state index contributed by atoms with van der Waals surface area (Å²) in [5.74, 6) is 1.03. The van der Waals surface area contributed by atoms with Crippen LogP contribution in [-0.4, -0.2) is 30.8 Å². The van der Waals surface area contributed by atoms with Crippen molar-refractivity contribution in [3.63, 3.8) is 0 Å². The van der Waals surface area contributed by atoms with Crippen LogP contribution in [0.1, 0.15) is 25.3 Å². The van der Waals surface area contributed by atoms with E-state index >= 15 is 0 Å². The molecule has 1 aliphatic rings. The van der Waals surface area contributed by atoms with Gasteiger partial charge >= 0.3 is 0 Å². The summed E-state index contributed by atoms with van der Waals surface area (Å²) in [5, 5.41) is 0. The maximum atomic E-state index is 5.78. The molecule has 2 rings (SSSR count). The summed E-state index contributed by atoms with van der Waals surface area (Å²) in [6.07, 6.45) is 4.34. The number of piperidine rings is 1. The summed E-state index contributed by atoms with van der Waals surface area (Å²) in [5.41, 5.74) is 7.64. The van der Waals surface area contributed by atoms with Crippen molar-refractivity contribution in [1.82, 2.24) is 4.98 Å². The Kier molecular flexibility index (Phi) is 3.84. The molecule has 0 aliphatic carbocycles. The fraction of sp³-hybridized carbons (Fsp3) is 0.615. The second-order valence-electron chi connectivity index (χ2n) is 4.54. The van der Waals surface area contributed by atoms with E-state index in [4.69, 9.17) is 10.5 Å². The number of pyridine rings is 1. The number of hydrogen-bond donors (Lipinski definition) is 1. The molecule has 1 aromatic rings. The van der Waals surface area contributed by atoms with E-state index in [1.54, 1.807) is 6.20 Å². The molecule has 17 heavy (non-hydrogen) atoms. The van der Waals surface area contributed by atoms with Crippen molar-refractivity contribution in [3.05, 3.63) is 17.8 Å². The van der Waals surface area contributed by atoms with E-state index in [0.717, 1.165) is 49.6 Å². The maximum absolute atomic E-state index is 5.78. The lowest BCUT2D eigenvalue weighted by Crippen LogP contribution is -2.37. The largest absolute Gasteiger partial charge is 0.397 e. The van der Waals surface area contributed by atoms with Crippen LogP contribution in [0.4, 0.5) is 11.5 Å². The zero-order valence-corrected chi connectivity index (χ0v) is 10.6. The molecule has 1 aromatic heterocycles. The lowest BCUT2D eigenvalue weighted by atomic mass is 10.1. The minimum Gasteiger partial charge on any atom is -0.397 e. The third kappa shape index (κ3) is 2.88. The lowest BCUT2D eigenvalue weighted by molar-refractivity contribution is 0.0458. The van der Waals surface area contributed by atoms with Crippen LogP contribution in [0.3, 0.4) is 0 Å². The van der Waals surface area contributed by atoms with Crippen molar-refractivity contribution < 1.29 is 4.74 Å². The first-order valence-electron chi connectivity index (χ1n) is 6.29. The Hall–Kier alpha value is -1.29. The fourth-order valence-electron chi connectivity index (χ4n) is 2.21. The molecule has 1 saturated heterocycles. The number of aryl methyl sites for hydroxylation is 1. The first-order chi connectivity index (χ1) is 8.20. The van der Waals surface area contributed by atoms with Gasteiger partial charge in [0.1, 0.15) is 5.82 Å². The number of ether oxygens (including phenoxy) is 1. The second-order valence-corrected chi connectivity index (χ2v) is 4.54. The summed E-state index contributed by atoms with van der Waals surface area (Å²) >= 11 is 0. The van der Waals surface area contributed by atoms with Crippen LogP contribution < -0.4 is 10.6 Å². The smallest absolute Gasteiger partial charge is 0.128 e. The number of nitrogen functional groups attached to an aromatic ring is 1. The molecule has 0 bridgehead atoms. The van der Waals surface area contributed by atoms with E-state index < -0.39 is 0 Å². The van der Waals surface area contributed by atoms with Gasteiger partial charge in [-0.05, 0) is 38.3 Å². The Labute approximate surface area is 103 Å². The molecule has 2 N–H and O–H groups in total. The van der Waals surface area contributed by atoms with Crippen LogP contribution >= 0.6 is 0 Å². The number of nitrogens with two attached hydrogens (primary N) is 1. The van der Waals surface area contributed by atoms with Gasteiger partial charge in [0.2, 0.25) is 0 Å². The summed E-state index contributed by atoms with van der Waals surface area (Å²) in [6, 6.07) is 2.07. The average molecular weight is 235 g/mol. The molecule has 94 valence electrons. The van der Waals surface area contributed by atoms with Gasteiger partial charge in [0.15, 0.2) is 0 Å². The Bertz CT molecular complexity index is 373. The van der Waals surface area contributed by atoms with Crippen molar-refractivity contribution in [1.29, 1.82) is 0 Å². The highest BCUT2D eigenvalue weighted by atomic mass is 16.5. The van der Waals surface area contributed by atoms with Crippen molar-refractivity contribution in [2.24, 2.45) is 0 Å². The summed E-state index contributed by atoms with van der Waals surface area (Å²) in [6.45, 7) is 6.91. The highest BCUT2D eigenvalue weighted by Gasteiger charge is 2.20. The Balaban J connectivity index is 1.98. The fourth-order valence-corrected chi connectivity index (χ4v) is 2.21. The van der Waals surface area contributed by atoms with Crippen molar-refractivity contribution in [2.45, 2.75) is 32.8 Å². The Morgan fingerprint density at radius 3 is 2.76 bits per heavy atom. The van der Waals surface area contributed by atoms with Crippen LogP contribution in [0.15, 0.2) is 12.3 Å². The van der Waals surface area contributed by atoms with Gasteiger partial charge in [-0.2, -0.15) is 0 Å². The van der Waals surface area contributed by atoms with Gasteiger partial charge in [-0.1, -0.05) is 0 Å². The molecule has 0 saturated carbocycles. The molecular formula is C13H21N3O. The molecule has 0 spiro atoms. The van der Waals surface area contributed by atoms with E-state index in [1.807, 2.05) is 6.92 Å². The van der Waals surface area contributed by atoms with Gasteiger partial charge in [0.25, 0.3) is 0 Å². The minimum atomic E-state index is 0.422. The molecule has 0 aromatic carbocycles. The van der Waals surface area contributed by atoms with Crippen LogP contribution in [0, 0.1) is 6.92 Å². The third-order valence-electron chi connectivity index (χ3n) is 3.31. The molecule has 1 aliphatic heterocycles. The lowest BCUT2D eigenvalue weighted by Gasteiger charge is -2.32. The number of rotatable bonds is 3. The van der Waals surface area contributed by atoms with Gasteiger partial charge < -0.3 is 15.4 Å². The third-order valence-corrected chi connectivity index (χ3v) is 3.31. The first kappa shape index (κ1) is 12.2. The molecule has 0 radical (unpaired) electrons. The van der Waals surface area contributed by atoms with Crippen LogP contribution in [-0.2, 0) is 4.74 Å². The number of nitrogens with zero attached hydrogens (tertiary/aromatic N) is 2. The Morgan fingerprint density at radius 1 is 1.47 bits per heavy atom. The maximum Gasteiger partial charge on any atom is 0.128 e. The molecular weight excluding hydrogens is 214 g/mol. The van der Waals surface area contributed by atoms with Crippen molar-refractivity contribution in [3.8, 4) is 0 Å². The molecule has 0 unspecified atom stereocenters. The standard InChI is InChI=1S/C13H21N3O/c1-3-17-11-4-6-16(7-5-11)13-8-10(2)12(14)9-15-13/h8-9,11H,3-7,14H2,1-2H3. The topological polar surface area (TPSA) is 51.4 Å².